The number of halogens is 2. The van der Waals surface area contributed by atoms with Crippen LogP contribution >= 0.6 is 0 Å². The standard InChI is InChI=1S/C25H20F2N2O4S/c1-15-3-7-18(8-4-15)34(30,31)29-12-10-19-22(29)14-21(26)24(23(19)27)33-17-6-5-16-9-11-28-25(32-2)20(16)13-17/h3-8,10,12-14H,9,11H2,1-2H3. The molecule has 1 aliphatic heterocycles. The fourth-order valence-corrected chi connectivity index (χ4v) is 5.32. The summed E-state index contributed by atoms with van der Waals surface area (Å²) in [6.45, 7) is 2.43. The Labute approximate surface area is 195 Å². The van der Waals surface area contributed by atoms with Crippen molar-refractivity contribution in [3.8, 4) is 11.5 Å². The minimum atomic E-state index is -4.05. The zero-order chi connectivity index (χ0) is 24.0. The summed E-state index contributed by atoms with van der Waals surface area (Å²) in [6, 6.07) is 13.5. The first kappa shape index (κ1) is 22.1. The molecule has 0 bridgehead atoms. The van der Waals surface area contributed by atoms with Gasteiger partial charge in [0.1, 0.15) is 5.75 Å². The fraction of sp³-hybridized carbons (Fsp3) is 0.160. The van der Waals surface area contributed by atoms with Gasteiger partial charge in [0.2, 0.25) is 5.90 Å². The van der Waals surface area contributed by atoms with Crippen molar-refractivity contribution in [1.29, 1.82) is 0 Å². The number of aromatic nitrogens is 1. The third-order valence-electron chi connectivity index (χ3n) is 5.75. The molecule has 0 N–H and O–H groups in total. The summed E-state index contributed by atoms with van der Waals surface area (Å²) in [7, 11) is -2.54. The van der Waals surface area contributed by atoms with Gasteiger partial charge in [0, 0.05) is 29.8 Å². The molecule has 5 rings (SSSR count). The van der Waals surface area contributed by atoms with Crippen LogP contribution < -0.4 is 4.74 Å². The van der Waals surface area contributed by atoms with Crippen LogP contribution in [0.25, 0.3) is 10.9 Å². The number of hydrogen-bond donors (Lipinski definition) is 0. The Hall–Kier alpha value is -3.72. The highest BCUT2D eigenvalue weighted by Gasteiger charge is 2.24. The zero-order valence-electron chi connectivity index (χ0n) is 18.4. The van der Waals surface area contributed by atoms with E-state index in [9.17, 15) is 8.42 Å². The van der Waals surface area contributed by atoms with Crippen molar-refractivity contribution in [2.45, 2.75) is 18.2 Å². The topological polar surface area (TPSA) is 69.9 Å². The van der Waals surface area contributed by atoms with Crippen LogP contribution in [0.1, 0.15) is 16.7 Å². The van der Waals surface area contributed by atoms with Crippen LogP contribution in [0.3, 0.4) is 0 Å². The Bertz CT molecular complexity index is 1560. The summed E-state index contributed by atoms with van der Waals surface area (Å²) >= 11 is 0. The maximum Gasteiger partial charge on any atom is 0.268 e. The molecule has 1 aromatic heterocycles. The molecule has 34 heavy (non-hydrogen) atoms. The van der Waals surface area contributed by atoms with E-state index in [0.29, 0.717) is 18.0 Å². The lowest BCUT2D eigenvalue weighted by Crippen LogP contribution is -2.14. The Morgan fingerprint density at radius 1 is 1.03 bits per heavy atom. The molecule has 4 aromatic rings. The molecule has 0 unspecified atom stereocenters. The monoisotopic (exact) mass is 482 g/mol. The van der Waals surface area contributed by atoms with Crippen LogP contribution in [0.2, 0.25) is 0 Å². The van der Waals surface area contributed by atoms with E-state index < -0.39 is 27.4 Å². The number of ether oxygens (including phenoxy) is 2. The smallest absolute Gasteiger partial charge is 0.268 e. The van der Waals surface area contributed by atoms with Crippen LogP contribution in [0.15, 0.2) is 70.7 Å². The molecule has 0 saturated carbocycles. The van der Waals surface area contributed by atoms with Gasteiger partial charge in [0.25, 0.3) is 10.0 Å². The van der Waals surface area contributed by atoms with Crippen molar-refractivity contribution < 1.29 is 26.7 Å². The minimum absolute atomic E-state index is 0.0152. The van der Waals surface area contributed by atoms with Crippen LogP contribution in [0.5, 0.6) is 11.5 Å². The van der Waals surface area contributed by atoms with Gasteiger partial charge in [0.15, 0.2) is 17.4 Å². The molecule has 174 valence electrons. The van der Waals surface area contributed by atoms with E-state index >= 15 is 8.78 Å². The summed E-state index contributed by atoms with van der Waals surface area (Å²) in [6.07, 6.45) is 1.92. The first-order chi connectivity index (χ1) is 16.3. The Kier molecular flexibility index (Phi) is 5.36. The maximum absolute atomic E-state index is 15.3. The Morgan fingerprint density at radius 3 is 2.53 bits per heavy atom. The lowest BCUT2D eigenvalue weighted by atomic mass is 10.0. The average Bonchev–Trinajstić information content (AvgIpc) is 3.26. The molecule has 0 spiro atoms. The first-order valence-electron chi connectivity index (χ1n) is 10.5. The second-order valence-electron chi connectivity index (χ2n) is 7.93. The van der Waals surface area contributed by atoms with Gasteiger partial charge >= 0.3 is 0 Å². The lowest BCUT2D eigenvalue weighted by Gasteiger charge is -2.17. The summed E-state index contributed by atoms with van der Waals surface area (Å²) < 4.78 is 68.3. The predicted octanol–water partition coefficient (Wildman–Crippen LogP) is 5.21. The van der Waals surface area contributed by atoms with Crippen molar-refractivity contribution in [3.63, 3.8) is 0 Å². The normalized spacial score (nSPS) is 13.5. The Balaban J connectivity index is 1.56. The highest BCUT2D eigenvalue weighted by Crippen LogP contribution is 2.36. The number of aliphatic imine (C=N–C) groups is 1. The zero-order valence-corrected chi connectivity index (χ0v) is 19.2. The molecular formula is C25H20F2N2O4S. The number of methoxy groups -OCH3 is 1. The number of benzene rings is 3. The van der Waals surface area contributed by atoms with Gasteiger partial charge in [-0.2, -0.15) is 0 Å². The van der Waals surface area contributed by atoms with Gasteiger partial charge in [0.05, 0.1) is 17.5 Å². The molecule has 3 aromatic carbocycles. The van der Waals surface area contributed by atoms with E-state index in [1.54, 1.807) is 30.3 Å². The van der Waals surface area contributed by atoms with Gasteiger partial charge < -0.3 is 9.47 Å². The lowest BCUT2D eigenvalue weighted by molar-refractivity contribution is 0.397. The molecule has 9 heteroatoms. The molecule has 6 nitrogen and oxygen atoms in total. The second-order valence-corrected chi connectivity index (χ2v) is 9.74. The van der Waals surface area contributed by atoms with Crippen LogP contribution in [-0.2, 0) is 21.2 Å². The molecule has 0 aliphatic carbocycles. The second kappa shape index (κ2) is 8.25. The molecule has 0 atom stereocenters. The number of hydrogen-bond acceptors (Lipinski definition) is 5. The average molecular weight is 483 g/mol. The summed E-state index contributed by atoms with van der Waals surface area (Å²) in [5, 5.41) is -0.0795. The Morgan fingerprint density at radius 2 is 1.79 bits per heavy atom. The van der Waals surface area contributed by atoms with E-state index in [4.69, 9.17) is 9.47 Å². The van der Waals surface area contributed by atoms with Gasteiger partial charge in [-0.3, -0.25) is 4.99 Å². The molecule has 0 saturated heterocycles. The van der Waals surface area contributed by atoms with E-state index in [-0.39, 0.29) is 21.5 Å². The number of nitrogens with zero attached hydrogens (tertiary/aromatic N) is 2. The number of fused-ring (bicyclic) bond motifs is 2. The van der Waals surface area contributed by atoms with Crippen molar-refractivity contribution in [2.75, 3.05) is 13.7 Å². The van der Waals surface area contributed by atoms with Gasteiger partial charge in [-0.15, -0.1) is 0 Å². The third-order valence-corrected chi connectivity index (χ3v) is 7.45. The predicted molar refractivity (Wildman–Crippen MR) is 124 cm³/mol. The van der Waals surface area contributed by atoms with E-state index in [1.165, 1.54) is 31.5 Å². The molecule has 0 radical (unpaired) electrons. The van der Waals surface area contributed by atoms with Crippen molar-refractivity contribution in [3.05, 3.63) is 89.1 Å². The van der Waals surface area contributed by atoms with E-state index in [1.807, 2.05) is 6.92 Å². The van der Waals surface area contributed by atoms with Crippen molar-refractivity contribution >= 4 is 26.8 Å². The van der Waals surface area contributed by atoms with Crippen molar-refractivity contribution in [2.24, 2.45) is 4.99 Å². The highest BCUT2D eigenvalue weighted by atomic mass is 32.2. The molecule has 0 fully saturated rings. The van der Waals surface area contributed by atoms with Crippen LogP contribution in [0.4, 0.5) is 8.78 Å². The maximum atomic E-state index is 15.3. The minimum Gasteiger partial charge on any atom is -0.481 e. The van der Waals surface area contributed by atoms with Crippen LogP contribution in [0, 0.1) is 18.6 Å². The van der Waals surface area contributed by atoms with E-state index in [0.717, 1.165) is 27.6 Å². The van der Waals surface area contributed by atoms with Gasteiger partial charge in [-0.25, -0.2) is 21.2 Å². The SMILES string of the molecule is COC1=NCCc2ccc(Oc3c(F)cc4c(ccn4S(=O)(=O)c4ccc(C)cc4)c3F)cc21. The largest absolute Gasteiger partial charge is 0.481 e. The quantitative estimate of drug-likeness (QED) is 0.401. The third kappa shape index (κ3) is 3.62. The molecule has 0 amide bonds. The summed E-state index contributed by atoms with van der Waals surface area (Å²) in [5.41, 5.74) is 2.46. The first-order valence-corrected chi connectivity index (χ1v) is 11.9. The molecular weight excluding hydrogens is 462 g/mol. The van der Waals surface area contributed by atoms with Crippen LogP contribution in [-0.4, -0.2) is 31.9 Å². The highest BCUT2D eigenvalue weighted by molar-refractivity contribution is 7.90. The van der Waals surface area contributed by atoms with Crippen molar-refractivity contribution in [1.82, 2.24) is 3.97 Å². The van der Waals surface area contributed by atoms with Gasteiger partial charge in [-0.1, -0.05) is 23.8 Å². The van der Waals surface area contributed by atoms with E-state index in [2.05, 4.69) is 4.99 Å². The molecule has 2 heterocycles. The number of rotatable bonds is 4. The fourth-order valence-electron chi connectivity index (χ4n) is 3.98. The summed E-state index contributed by atoms with van der Waals surface area (Å²) in [4.78, 5) is 4.32. The van der Waals surface area contributed by atoms with Gasteiger partial charge in [-0.05, 0) is 49.2 Å². The number of aryl methyl sites for hydroxylation is 1. The molecule has 1 aliphatic rings. The summed E-state index contributed by atoms with van der Waals surface area (Å²) in [5.74, 6) is -2.01.